The van der Waals surface area contributed by atoms with E-state index in [1.807, 2.05) is 6.07 Å². The molecule has 32 heavy (non-hydrogen) atoms. The second-order valence-corrected chi connectivity index (χ2v) is 7.72. The van der Waals surface area contributed by atoms with Gasteiger partial charge in [-0.1, -0.05) is 42.5 Å². The van der Waals surface area contributed by atoms with Crippen LogP contribution in [0.15, 0.2) is 78.5 Å². The minimum atomic E-state index is -0.831. The van der Waals surface area contributed by atoms with E-state index in [9.17, 15) is 18.4 Å². The van der Waals surface area contributed by atoms with Gasteiger partial charge in [-0.15, -0.1) is 0 Å². The van der Waals surface area contributed by atoms with Gasteiger partial charge in [0.15, 0.2) is 5.78 Å². The zero-order valence-electron chi connectivity index (χ0n) is 17.7. The largest absolute Gasteiger partial charge is 0.340 e. The fraction of sp³-hybridized carbons (Fsp3) is 0.154. The number of hydrogen-bond acceptors (Lipinski definition) is 3. The topological polar surface area (TPSA) is 49.4 Å². The third-order valence-corrected chi connectivity index (χ3v) is 5.65. The molecular formula is C26H22F2N2O2. The Bertz CT molecular complexity index is 1200. The number of ketones is 1. The number of fused-ring (bicyclic) bond motifs is 1. The van der Waals surface area contributed by atoms with Crippen LogP contribution in [0.5, 0.6) is 0 Å². The average Bonchev–Trinajstić information content (AvgIpc) is 2.78. The van der Waals surface area contributed by atoms with Crippen LogP contribution in [0.4, 0.5) is 14.5 Å². The molecule has 0 fully saturated rings. The van der Waals surface area contributed by atoms with Crippen molar-refractivity contribution in [2.24, 2.45) is 0 Å². The number of nitrogens with one attached hydrogen (secondary N) is 1. The van der Waals surface area contributed by atoms with Gasteiger partial charge in [0, 0.05) is 16.9 Å². The Hall–Kier alpha value is -3.80. The van der Waals surface area contributed by atoms with Crippen molar-refractivity contribution in [3.05, 3.63) is 107 Å². The molecule has 162 valence electrons. The Morgan fingerprint density at radius 2 is 1.62 bits per heavy atom. The van der Waals surface area contributed by atoms with Gasteiger partial charge in [0.25, 0.3) is 5.91 Å². The fourth-order valence-corrected chi connectivity index (χ4v) is 4.02. The van der Waals surface area contributed by atoms with Gasteiger partial charge < -0.3 is 10.2 Å². The lowest BCUT2D eigenvalue weighted by Gasteiger charge is -2.34. The Morgan fingerprint density at radius 3 is 2.28 bits per heavy atom. The fourth-order valence-electron chi connectivity index (χ4n) is 4.02. The highest BCUT2D eigenvalue weighted by atomic mass is 19.1. The lowest BCUT2D eigenvalue weighted by molar-refractivity contribution is -0.124. The predicted octanol–water partition coefficient (Wildman–Crippen LogP) is 5.16. The number of rotatable bonds is 5. The highest BCUT2D eigenvalue weighted by molar-refractivity contribution is 6.22. The molecule has 6 heteroatoms. The number of halogens is 2. The highest BCUT2D eigenvalue weighted by Gasteiger charge is 2.31. The molecule has 3 aromatic rings. The minimum absolute atomic E-state index is 0.199. The second-order valence-electron chi connectivity index (χ2n) is 7.72. The first-order valence-corrected chi connectivity index (χ1v) is 10.2. The molecule has 0 bridgehead atoms. The highest BCUT2D eigenvalue weighted by Crippen LogP contribution is 2.36. The van der Waals surface area contributed by atoms with Crippen LogP contribution in [-0.2, 0) is 16.1 Å². The molecule has 3 aromatic carbocycles. The third-order valence-electron chi connectivity index (χ3n) is 5.65. The van der Waals surface area contributed by atoms with Gasteiger partial charge in [0.1, 0.15) is 17.7 Å². The average molecular weight is 432 g/mol. The number of Topliss-reactive ketones (excluding diaryl/α,β-unsaturated/α-hetero) is 1. The molecule has 0 aromatic heterocycles. The van der Waals surface area contributed by atoms with Crippen LogP contribution in [0.2, 0.25) is 0 Å². The number of carbonyl (C=O) groups excluding carboxylic acids is 2. The zero-order valence-corrected chi connectivity index (χ0v) is 17.7. The number of amides is 1. The first kappa shape index (κ1) is 21.4. The lowest BCUT2D eigenvalue weighted by atomic mass is 9.91. The smallest absolute Gasteiger partial charge is 0.254 e. The Morgan fingerprint density at radius 1 is 0.938 bits per heavy atom. The number of anilines is 1. The number of carbonyl (C=O) groups is 2. The van der Waals surface area contributed by atoms with Crippen LogP contribution in [0, 0.1) is 11.6 Å². The van der Waals surface area contributed by atoms with E-state index < -0.39 is 17.8 Å². The van der Waals surface area contributed by atoms with Crippen LogP contribution >= 0.6 is 0 Å². The number of hydrogen-bond donors (Lipinski definition) is 1. The van der Waals surface area contributed by atoms with E-state index in [0.717, 1.165) is 0 Å². The number of nitrogens with zero attached hydrogens (tertiary/aromatic N) is 1. The first-order valence-electron chi connectivity index (χ1n) is 10.2. The Kier molecular flexibility index (Phi) is 5.86. The molecule has 1 N–H and O–H groups in total. The van der Waals surface area contributed by atoms with Gasteiger partial charge in [-0.2, -0.15) is 0 Å². The molecule has 1 heterocycles. The van der Waals surface area contributed by atoms with Gasteiger partial charge in [-0.3, -0.25) is 9.59 Å². The van der Waals surface area contributed by atoms with E-state index in [2.05, 4.69) is 5.32 Å². The maximum Gasteiger partial charge on any atom is 0.254 e. The summed E-state index contributed by atoms with van der Waals surface area (Å²) >= 11 is 0. The summed E-state index contributed by atoms with van der Waals surface area (Å²) < 4.78 is 28.2. The molecule has 0 radical (unpaired) electrons. The van der Waals surface area contributed by atoms with Crippen LogP contribution < -0.4 is 10.2 Å². The minimum Gasteiger partial charge on any atom is -0.340 e. The molecule has 0 saturated carbocycles. The molecular weight excluding hydrogens is 410 g/mol. The summed E-state index contributed by atoms with van der Waals surface area (Å²) in [6, 6.07) is 18.5. The lowest BCUT2D eigenvalue weighted by Crippen LogP contribution is -2.37. The van der Waals surface area contributed by atoms with E-state index in [0.29, 0.717) is 28.1 Å². The number of benzene rings is 3. The quantitative estimate of drug-likeness (QED) is 0.606. The van der Waals surface area contributed by atoms with Crippen molar-refractivity contribution in [3.8, 4) is 0 Å². The van der Waals surface area contributed by atoms with Crippen molar-refractivity contribution >= 4 is 23.0 Å². The van der Waals surface area contributed by atoms with E-state index >= 15 is 0 Å². The molecule has 0 unspecified atom stereocenters. The molecule has 4 nitrogen and oxygen atoms in total. The van der Waals surface area contributed by atoms with Gasteiger partial charge >= 0.3 is 0 Å². The summed E-state index contributed by atoms with van der Waals surface area (Å²) in [6.07, 6.45) is 0. The molecule has 1 amide bonds. The van der Waals surface area contributed by atoms with Crippen molar-refractivity contribution < 1.29 is 18.4 Å². The summed E-state index contributed by atoms with van der Waals surface area (Å²) in [5, 5.41) is 2.82. The van der Waals surface area contributed by atoms with Crippen molar-refractivity contribution in [1.82, 2.24) is 5.32 Å². The summed E-state index contributed by atoms with van der Waals surface area (Å²) in [5.74, 6) is -1.51. The summed E-state index contributed by atoms with van der Waals surface area (Å²) in [7, 11) is 0. The SMILES string of the molecule is CC(=O)[C@@H](NC(=O)C1=C(C)N(c2ccc(F)cc2)Cc2c(F)cccc21)c1ccccc1. The van der Waals surface area contributed by atoms with E-state index in [-0.39, 0.29) is 23.7 Å². The Balaban J connectivity index is 1.79. The van der Waals surface area contributed by atoms with E-state index in [4.69, 9.17) is 0 Å². The first-order chi connectivity index (χ1) is 15.4. The second kappa shape index (κ2) is 8.75. The normalized spacial score (nSPS) is 14.1. The van der Waals surface area contributed by atoms with Crippen LogP contribution in [0.3, 0.4) is 0 Å². The summed E-state index contributed by atoms with van der Waals surface area (Å²) in [5.41, 5.74) is 3.01. The van der Waals surface area contributed by atoms with Gasteiger partial charge in [0.05, 0.1) is 12.1 Å². The van der Waals surface area contributed by atoms with Crippen molar-refractivity contribution in [2.75, 3.05) is 4.90 Å². The predicted molar refractivity (Wildman–Crippen MR) is 120 cm³/mol. The summed E-state index contributed by atoms with van der Waals surface area (Å²) in [4.78, 5) is 27.6. The monoisotopic (exact) mass is 432 g/mol. The maximum atomic E-state index is 14.7. The Labute approximate surface area is 185 Å². The molecule has 1 aliphatic heterocycles. The van der Waals surface area contributed by atoms with Gasteiger partial charge in [-0.25, -0.2) is 8.78 Å². The molecule has 0 aliphatic carbocycles. The van der Waals surface area contributed by atoms with E-state index in [1.54, 1.807) is 60.4 Å². The molecule has 1 atom stereocenters. The van der Waals surface area contributed by atoms with Gasteiger partial charge in [-0.05, 0) is 55.3 Å². The molecule has 1 aliphatic rings. The van der Waals surface area contributed by atoms with Crippen LogP contribution in [-0.4, -0.2) is 11.7 Å². The zero-order chi connectivity index (χ0) is 22.8. The number of allylic oxidation sites excluding steroid dienone is 1. The van der Waals surface area contributed by atoms with Crippen molar-refractivity contribution in [1.29, 1.82) is 0 Å². The van der Waals surface area contributed by atoms with E-state index in [1.165, 1.54) is 25.1 Å². The van der Waals surface area contributed by atoms with Gasteiger partial charge in [0.2, 0.25) is 0 Å². The van der Waals surface area contributed by atoms with Crippen LogP contribution in [0.1, 0.15) is 36.6 Å². The summed E-state index contributed by atoms with van der Waals surface area (Å²) in [6.45, 7) is 3.38. The standard InChI is InChI=1S/C26H22F2N2O2/c1-16-24(26(32)29-25(17(2)31)18-7-4-3-5-8-18)21-9-6-10-23(28)22(21)15-30(16)20-13-11-19(27)12-14-20/h3-14,25H,15H2,1-2H3,(H,29,32)/t25-/m1/s1. The molecule has 0 saturated heterocycles. The van der Waals surface area contributed by atoms with Crippen molar-refractivity contribution in [3.63, 3.8) is 0 Å². The molecule has 4 rings (SSSR count). The van der Waals surface area contributed by atoms with Crippen LogP contribution in [0.25, 0.3) is 5.57 Å². The van der Waals surface area contributed by atoms with Crippen molar-refractivity contribution in [2.45, 2.75) is 26.4 Å². The molecule has 0 spiro atoms. The maximum absolute atomic E-state index is 14.7. The third kappa shape index (κ3) is 4.04.